The summed E-state index contributed by atoms with van der Waals surface area (Å²) < 4.78 is 33.4. The van der Waals surface area contributed by atoms with Crippen molar-refractivity contribution in [1.29, 1.82) is 0 Å². The first-order chi connectivity index (χ1) is 9.06. The second-order valence-electron chi connectivity index (χ2n) is 3.85. The van der Waals surface area contributed by atoms with Crippen LogP contribution in [0.1, 0.15) is 12.8 Å². The third-order valence-corrected chi connectivity index (χ3v) is 11.0. The van der Waals surface area contributed by atoms with Crippen LogP contribution in [0.15, 0.2) is 12.7 Å². The van der Waals surface area contributed by atoms with Crippen LogP contribution in [-0.4, -0.2) is 60.3 Å². The zero-order valence-corrected chi connectivity index (χ0v) is 14.7. The monoisotopic (exact) mass is 310 g/mol. The van der Waals surface area contributed by atoms with E-state index >= 15 is 0 Å². The molecule has 0 heterocycles. The Bertz CT molecular complexity index is 219. The van der Waals surface area contributed by atoms with Crippen LogP contribution in [0.25, 0.3) is 0 Å². The first kappa shape index (κ1) is 18.9. The Morgan fingerprint density at radius 3 is 1.32 bits per heavy atom. The Hall–Kier alpha value is -0.0662. The van der Waals surface area contributed by atoms with Gasteiger partial charge in [-0.25, -0.2) is 0 Å². The van der Waals surface area contributed by atoms with Gasteiger partial charge >= 0.3 is 17.6 Å². The minimum Gasteiger partial charge on any atom is -0.377 e. The largest absolute Gasteiger partial charge is 0.507 e. The molecule has 19 heavy (non-hydrogen) atoms. The Morgan fingerprint density at radius 2 is 1.11 bits per heavy atom. The van der Waals surface area contributed by atoms with Crippen molar-refractivity contribution in [2.45, 2.75) is 18.0 Å². The summed E-state index contributed by atoms with van der Waals surface area (Å²) in [5, 5.41) is -0.210. The quantitative estimate of drug-likeness (QED) is 0.427. The van der Waals surface area contributed by atoms with Crippen LogP contribution in [0.5, 0.6) is 0 Å². The summed E-state index contributed by atoms with van der Waals surface area (Å²) in [6.45, 7) is 3.74. The molecule has 0 aromatic carbocycles. The van der Waals surface area contributed by atoms with Gasteiger partial charge in [-0.05, 0) is 12.8 Å². The lowest BCUT2D eigenvalue weighted by atomic mass is 10.3. The molecule has 0 saturated carbocycles. The molecule has 0 aliphatic rings. The van der Waals surface area contributed by atoms with Crippen LogP contribution in [0.4, 0.5) is 0 Å². The Morgan fingerprint density at radius 1 is 0.789 bits per heavy atom. The van der Waals surface area contributed by atoms with Crippen molar-refractivity contribution >= 4 is 17.6 Å². The third kappa shape index (κ3) is 3.95. The van der Waals surface area contributed by atoms with Gasteiger partial charge in [0.25, 0.3) is 0 Å². The second kappa shape index (κ2) is 8.98. The van der Waals surface area contributed by atoms with Crippen molar-refractivity contribution in [3.8, 4) is 0 Å². The molecule has 8 heteroatoms. The smallest absolute Gasteiger partial charge is 0.377 e. The average Bonchev–Trinajstić information content (AvgIpc) is 2.48. The van der Waals surface area contributed by atoms with Gasteiger partial charge in [0.15, 0.2) is 0 Å². The maximum atomic E-state index is 5.56. The molecule has 6 nitrogen and oxygen atoms in total. The van der Waals surface area contributed by atoms with Crippen LogP contribution < -0.4 is 0 Å². The first-order valence-corrected chi connectivity index (χ1v) is 9.58. The molecule has 0 radical (unpaired) electrons. The predicted octanol–water partition coefficient (Wildman–Crippen LogP) is 1.62. The van der Waals surface area contributed by atoms with Crippen LogP contribution in [-0.2, 0) is 26.6 Å². The number of rotatable bonds is 11. The third-order valence-electron chi connectivity index (χ3n) is 3.22. The van der Waals surface area contributed by atoms with Crippen molar-refractivity contribution in [3.63, 3.8) is 0 Å². The van der Waals surface area contributed by atoms with Gasteiger partial charge < -0.3 is 26.6 Å². The van der Waals surface area contributed by atoms with E-state index in [4.69, 9.17) is 26.6 Å². The highest BCUT2D eigenvalue weighted by molar-refractivity contribution is 6.82. The highest BCUT2D eigenvalue weighted by atomic mass is 28.5. The molecular weight excluding hydrogens is 284 g/mol. The molecule has 0 rings (SSSR count). The van der Waals surface area contributed by atoms with Gasteiger partial charge in [-0.15, -0.1) is 6.58 Å². The topological polar surface area (TPSA) is 55.4 Å². The zero-order chi connectivity index (χ0) is 14.9. The van der Waals surface area contributed by atoms with Gasteiger partial charge in [-0.1, -0.05) is 6.08 Å². The van der Waals surface area contributed by atoms with E-state index in [1.165, 1.54) is 0 Å². The SMILES string of the molecule is C=CCCC([Si](OC)(OC)OC)[Si](OC)(OC)OC. The van der Waals surface area contributed by atoms with Crippen molar-refractivity contribution in [1.82, 2.24) is 0 Å². The molecule has 0 saturated heterocycles. The minimum absolute atomic E-state index is 0.210. The van der Waals surface area contributed by atoms with Crippen LogP contribution in [0, 0.1) is 0 Å². The molecule has 0 fully saturated rings. The lowest BCUT2D eigenvalue weighted by Gasteiger charge is -2.39. The fourth-order valence-electron chi connectivity index (χ4n) is 2.21. The van der Waals surface area contributed by atoms with Gasteiger partial charge in [0.1, 0.15) is 0 Å². The fourth-order valence-corrected chi connectivity index (χ4v) is 9.81. The first-order valence-electron chi connectivity index (χ1n) is 5.98. The molecule has 0 amide bonds. The van der Waals surface area contributed by atoms with Gasteiger partial charge in [-0.3, -0.25) is 0 Å². The molecule has 0 unspecified atom stereocenters. The Kier molecular flexibility index (Phi) is 8.95. The van der Waals surface area contributed by atoms with E-state index in [2.05, 4.69) is 6.58 Å². The molecule has 0 spiro atoms. The number of hydrogen-bond acceptors (Lipinski definition) is 6. The van der Waals surface area contributed by atoms with Gasteiger partial charge in [0.2, 0.25) is 0 Å². The minimum atomic E-state index is -2.94. The summed E-state index contributed by atoms with van der Waals surface area (Å²) in [5.74, 6) is 0. The second-order valence-corrected chi connectivity index (χ2v) is 10.7. The number of hydrogen-bond donors (Lipinski definition) is 0. The molecule has 0 atom stereocenters. The molecule has 0 aromatic heterocycles. The van der Waals surface area contributed by atoms with E-state index in [0.29, 0.717) is 6.42 Å². The van der Waals surface area contributed by atoms with Crippen molar-refractivity contribution in [2.75, 3.05) is 42.7 Å². The van der Waals surface area contributed by atoms with E-state index < -0.39 is 17.6 Å². The van der Waals surface area contributed by atoms with E-state index in [1.807, 2.05) is 6.08 Å². The summed E-state index contributed by atoms with van der Waals surface area (Å²) in [6.07, 6.45) is 3.29. The molecule has 0 aliphatic heterocycles. The maximum Gasteiger partial charge on any atom is 0.507 e. The predicted molar refractivity (Wildman–Crippen MR) is 76.7 cm³/mol. The maximum absolute atomic E-state index is 5.56. The summed E-state index contributed by atoms with van der Waals surface area (Å²) in [4.78, 5) is 0. The molecule has 0 aromatic rings. The highest BCUT2D eigenvalue weighted by Gasteiger charge is 2.63. The Labute approximate surface area is 118 Å². The average molecular weight is 310 g/mol. The number of allylic oxidation sites excluding steroid dienone is 1. The van der Waals surface area contributed by atoms with Gasteiger partial charge in [-0.2, -0.15) is 0 Å². The summed E-state index contributed by atoms with van der Waals surface area (Å²) in [7, 11) is 3.53. The van der Waals surface area contributed by atoms with Gasteiger partial charge in [0, 0.05) is 42.7 Å². The van der Waals surface area contributed by atoms with Crippen molar-refractivity contribution in [2.24, 2.45) is 0 Å². The molecule has 114 valence electrons. The lowest BCUT2D eigenvalue weighted by molar-refractivity contribution is 0.0785. The zero-order valence-electron chi connectivity index (χ0n) is 12.7. The molecule has 0 aliphatic carbocycles. The standard InChI is InChI=1S/C11H26O6Si2/c1-8-9-10-11(18(12-2,13-3)14-4)19(15-5,16-6)17-7/h8,11H,1,9-10H2,2-7H3. The highest BCUT2D eigenvalue weighted by Crippen LogP contribution is 2.38. The van der Waals surface area contributed by atoms with E-state index in [9.17, 15) is 0 Å². The fraction of sp³-hybridized carbons (Fsp3) is 0.818. The van der Waals surface area contributed by atoms with Crippen molar-refractivity contribution in [3.05, 3.63) is 12.7 Å². The molecular formula is C11H26O6Si2. The van der Waals surface area contributed by atoms with E-state index in [1.54, 1.807) is 42.7 Å². The van der Waals surface area contributed by atoms with Crippen LogP contribution >= 0.6 is 0 Å². The summed E-state index contributed by atoms with van der Waals surface area (Å²) in [6, 6.07) is 0. The lowest BCUT2D eigenvalue weighted by Crippen LogP contribution is -2.62. The summed E-state index contributed by atoms with van der Waals surface area (Å²) in [5.41, 5.74) is 0. The molecule has 0 bridgehead atoms. The van der Waals surface area contributed by atoms with Gasteiger partial charge in [0.05, 0.1) is 5.16 Å². The van der Waals surface area contributed by atoms with Crippen LogP contribution in [0.2, 0.25) is 5.16 Å². The summed E-state index contributed by atoms with van der Waals surface area (Å²) >= 11 is 0. The molecule has 0 N–H and O–H groups in total. The normalized spacial score (nSPS) is 13.0. The van der Waals surface area contributed by atoms with Crippen LogP contribution in [0.3, 0.4) is 0 Å². The Balaban J connectivity index is 5.55. The van der Waals surface area contributed by atoms with E-state index in [0.717, 1.165) is 6.42 Å². The van der Waals surface area contributed by atoms with Crippen molar-refractivity contribution < 1.29 is 26.6 Å². The van der Waals surface area contributed by atoms with E-state index in [-0.39, 0.29) is 5.16 Å².